The molecule has 0 bridgehead atoms. The second-order valence-electron chi connectivity index (χ2n) is 8.42. The molecule has 0 fully saturated rings. The number of carbonyl (C=O) groups excluding carboxylic acids is 2. The molecule has 34 heavy (non-hydrogen) atoms. The molecule has 0 saturated carbocycles. The first-order chi connectivity index (χ1) is 16.4. The lowest BCUT2D eigenvalue weighted by molar-refractivity contribution is 0.0654. The highest BCUT2D eigenvalue weighted by molar-refractivity contribution is 6.22. The molecule has 2 amide bonds. The van der Waals surface area contributed by atoms with Crippen LogP contribution in [0.2, 0.25) is 0 Å². The van der Waals surface area contributed by atoms with Crippen molar-refractivity contribution in [3.05, 3.63) is 99.1 Å². The Morgan fingerprint density at radius 2 is 1.65 bits per heavy atom. The number of imide groups is 1. The zero-order chi connectivity index (χ0) is 24.0. The number of hydrogen-bond acceptors (Lipinski definition) is 5. The van der Waals surface area contributed by atoms with E-state index in [9.17, 15) is 14.4 Å². The number of hydrogen-bond donors (Lipinski definition) is 0. The van der Waals surface area contributed by atoms with Gasteiger partial charge in [0.15, 0.2) is 0 Å². The molecular formula is C27H23N3O4. The van der Waals surface area contributed by atoms with Crippen molar-refractivity contribution in [3.8, 4) is 11.4 Å². The van der Waals surface area contributed by atoms with Gasteiger partial charge in [0.05, 0.1) is 34.8 Å². The van der Waals surface area contributed by atoms with Crippen LogP contribution in [0.15, 0.2) is 65.5 Å². The average molecular weight is 453 g/mol. The first kappa shape index (κ1) is 21.6. The fourth-order valence-electron chi connectivity index (χ4n) is 4.43. The van der Waals surface area contributed by atoms with Crippen molar-refractivity contribution in [1.82, 2.24) is 14.5 Å². The normalized spacial score (nSPS) is 13.0. The molecule has 7 heteroatoms. The lowest BCUT2D eigenvalue weighted by Crippen LogP contribution is -2.33. The smallest absolute Gasteiger partial charge is 0.265 e. The van der Waals surface area contributed by atoms with Gasteiger partial charge in [-0.3, -0.25) is 23.9 Å². The van der Waals surface area contributed by atoms with Crippen molar-refractivity contribution in [2.24, 2.45) is 0 Å². The Morgan fingerprint density at radius 1 is 0.882 bits per heavy atom. The summed E-state index contributed by atoms with van der Waals surface area (Å²) in [7, 11) is 1.47. The number of aromatic nitrogens is 2. The van der Waals surface area contributed by atoms with Gasteiger partial charge in [-0.05, 0) is 61.4 Å². The first-order valence-electron chi connectivity index (χ1n) is 11.0. The van der Waals surface area contributed by atoms with Gasteiger partial charge >= 0.3 is 0 Å². The monoisotopic (exact) mass is 453 g/mol. The highest BCUT2D eigenvalue weighted by Crippen LogP contribution is 2.31. The fourth-order valence-corrected chi connectivity index (χ4v) is 4.43. The predicted octanol–water partition coefficient (Wildman–Crippen LogP) is 3.85. The minimum absolute atomic E-state index is 0.0884. The maximum absolute atomic E-state index is 13.5. The van der Waals surface area contributed by atoms with Gasteiger partial charge in [0.1, 0.15) is 11.6 Å². The van der Waals surface area contributed by atoms with E-state index in [2.05, 4.69) is 0 Å². The van der Waals surface area contributed by atoms with Crippen molar-refractivity contribution in [1.29, 1.82) is 0 Å². The van der Waals surface area contributed by atoms with Crippen LogP contribution in [0.1, 0.15) is 37.7 Å². The molecule has 3 aromatic carbocycles. The lowest BCUT2D eigenvalue weighted by Gasteiger charge is -2.17. The van der Waals surface area contributed by atoms with E-state index in [1.807, 2.05) is 50.2 Å². The van der Waals surface area contributed by atoms with Crippen LogP contribution < -0.4 is 10.3 Å². The second kappa shape index (κ2) is 8.26. The second-order valence-corrected chi connectivity index (χ2v) is 8.42. The number of methoxy groups -OCH3 is 1. The number of aryl methyl sites for hydroxylation is 2. The van der Waals surface area contributed by atoms with E-state index in [4.69, 9.17) is 9.72 Å². The molecule has 7 nitrogen and oxygen atoms in total. The standard InChI is InChI=1S/C27H23N3O4/c1-16-6-4-7-18(14-16)30-23(28-21-15-17(2)10-11-19(21)26(30)32)12-13-29-25(31)20-8-5-9-22(34-3)24(20)27(29)33/h4-11,14-15H,12-13H2,1-3H3. The number of rotatable bonds is 5. The SMILES string of the molecule is COc1cccc2c1C(=O)N(CCc1nc3cc(C)ccc3c(=O)n1-c1cccc(C)c1)C2=O. The van der Waals surface area contributed by atoms with E-state index in [1.165, 1.54) is 12.0 Å². The van der Waals surface area contributed by atoms with Gasteiger partial charge in [0.25, 0.3) is 17.4 Å². The number of benzene rings is 3. The maximum Gasteiger partial charge on any atom is 0.265 e. The zero-order valence-electron chi connectivity index (χ0n) is 19.2. The molecule has 0 N–H and O–H groups in total. The van der Waals surface area contributed by atoms with Gasteiger partial charge in [-0.25, -0.2) is 4.98 Å². The molecule has 0 unspecified atom stereocenters. The summed E-state index contributed by atoms with van der Waals surface area (Å²) in [5.41, 5.74) is 3.69. The van der Waals surface area contributed by atoms with E-state index in [0.29, 0.717) is 33.7 Å². The van der Waals surface area contributed by atoms with Gasteiger partial charge in [-0.15, -0.1) is 0 Å². The first-order valence-corrected chi connectivity index (χ1v) is 11.0. The Hall–Kier alpha value is -4.26. The summed E-state index contributed by atoms with van der Waals surface area (Å²) in [4.78, 5) is 45.5. The zero-order valence-corrected chi connectivity index (χ0v) is 19.2. The summed E-state index contributed by atoms with van der Waals surface area (Å²) in [5, 5.41) is 0.515. The van der Waals surface area contributed by atoms with Crippen LogP contribution in [0.5, 0.6) is 5.75 Å². The third-order valence-corrected chi connectivity index (χ3v) is 6.09. The minimum Gasteiger partial charge on any atom is -0.496 e. The van der Waals surface area contributed by atoms with Crippen molar-refractivity contribution in [2.75, 3.05) is 13.7 Å². The Balaban J connectivity index is 1.58. The summed E-state index contributed by atoms with van der Waals surface area (Å²) in [6.07, 6.45) is 0.223. The maximum atomic E-state index is 13.5. The van der Waals surface area contributed by atoms with Crippen LogP contribution in [0.4, 0.5) is 0 Å². The molecule has 2 heterocycles. The summed E-state index contributed by atoms with van der Waals surface area (Å²) < 4.78 is 6.87. The van der Waals surface area contributed by atoms with E-state index < -0.39 is 5.91 Å². The number of amides is 2. The van der Waals surface area contributed by atoms with Crippen LogP contribution in [0, 0.1) is 13.8 Å². The molecule has 0 saturated heterocycles. The topological polar surface area (TPSA) is 81.5 Å². The third kappa shape index (κ3) is 3.46. The van der Waals surface area contributed by atoms with Gasteiger partial charge in [0.2, 0.25) is 0 Å². The highest BCUT2D eigenvalue weighted by atomic mass is 16.5. The van der Waals surface area contributed by atoms with Crippen molar-refractivity contribution in [2.45, 2.75) is 20.3 Å². The van der Waals surface area contributed by atoms with E-state index in [0.717, 1.165) is 11.1 Å². The number of carbonyl (C=O) groups is 2. The Kier molecular flexibility index (Phi) is 5.24. The molecule has 1 aromatic heterocycles. The molecule has 1 aliphatic rings. The molecule has 0 spiro atoms. The Bertz CT molecular complexity index is 1540. The minimum atomic E-state index is -0.404. The van der Waals surface area contributed by atoms with Crippen LogP contribution in [0.25, 0.3) is 16.6 Å². The lowest BCUT2D eigenvalue weighted by atomic mass is 10.1. The quantitative estimate of drug-likeness (QED) is 0.429. The van der Waals surface area contributed by atoms with Crippen LogP contribution >= 0.6 is 0 Å². The van der Waals surface area contributed by atoms with Crippen LogP contribution in [-0.4, -0.2) is 39.9 Å². The molecule has 1 aliphatic heterocycles. The molecule has 170 valence electrons. The molecular weight excluding hydrogens is 430 g/mol. The highest BCUT2D eigenvalue weighted by Gasteiger charge is 2.37. The number of fused-ring (bicyclic) bond motifs is 2. The van der Waals surface area contributed by atoms with E-state index >= 15 is 0 Å². The van der Waals surface area contributed by atoms with E-state index in [1.54, 1.807) is 28.8 Å². The van der Waals surface area contributed by atoms with Crippen LogP contribution in [-0.2, 0) is 6.42 Å². The summed E-state index contributed by atoms with van der Waals surface area (Å²) in [6.45, 7) is 3.99. The summed E-state index contributed by atoms with van der Waals surface area (Å²) >= 11 is 0. The average Bonchev–Trinajstić information content (AvgIpc) is 3.07. The van der Waals surface area contributed by atoms with Gasteiger partial charge in [-0.2, -0.15) is 0 Å². The Morgan fingerprint density at radius 3 is 2.41 bits per heavy atom. The van der Waals surface area contributed by atoms with Crippen molar-refractivity contribution >= 4 is 22.7 Å². The molecule has 4 aromatic rings. The van der Waals surface area contributed by atoms with Gasteiger partial charge in [-0.1, -0.05) is 24.3 Å². The fraction of sp³-hybridized carbons (Fsp3) is 0.185. The number of ether oxygens (including phenoxy) is 1. The van der Waals surface area contributed by atoms with E-state index in [-0.39, 0.29) is 30.0 Å². The van der Waals surface area contributed by atoms with Crippen LogP contribution in [0.3, 0.4) is 0 Å². The summed E-state index contributed by atoms with van der Waals surface area (Å²) in [6, 6.07) is 18.1. The van der Waals surface area contributed by atoms with Gasteiger partial charge < -0.3 is 4.74 Å². The summed E-state index contributed by atoms with van der Waals surface area (Å²) in [5.74, 6) is 0.0741. The van der Waals surface area contributed by atoms with Crippen molar-refractivity contribution < 1.29 is 14.3 Å². The molecule has 0 radical (unpaired) electrons. The largest absolute Gasteiger partial charge is 0.496 e. The predicted molar refractivity (Wildman–Crippen MR) is 129 cm³/mol. The third-order valence-electron chi connectivity index (χ3n) is 6.09. The van der Waals surface area contributed by atoms with Crippen molar-refractivity contribution in [3.63, 3.8) is 0 Å². The van der Waals surface area contributed by atoms with Gasteiger partial charge in [0, 0.05) is 13.0 Å². The molecule has 5 rings (SSSR count). The molecule has 0 atom stereocenters. The Labute approximate surface area is 196 Å². The molecule has 0 aliphatic carbocycles. The number of nitrogens with zero attached hydrogens (tertiary/aromatic N) is 3.